The molecule has 3 aromatic rings. The van der Waals surface area contributed by atoms with Crippen LogP contribution in [0.4, 0.5) is 10.8 Å². The van der Waals surface area contributed by atoms with Crippen LogP contribution < -0.4 is 9.62 Å². The van der Waals surface area contributed by atoms with Gasteiger partial charge in [0.25, 0.3) is 15.9 Å². The molecule has 0 fully saturated rings. The van der Waals surface area contributed by atoms with E-state index >= 15 is 0 Å². The minimum Gasteiger partial charge on any atom is -0.311 e. The first-order valence-corrected chi connectivity index (χ1v) is 9.11. The van der Waals surface area contributed by atoms with Gasteiger partial charge in [0.2, 0.25) is 0 Å². The van der Waals surface area contributed by atoms with Gasteiger partial charge in [0, 0.05) is 35.0 Å². The number of nitrogens with one attached hydrogen (secondary N) is 1. The SMILES string of the molecule is CN1C(=O)c2cccc3c(S(=O)(=O)Nc4nccs4)ccc1c23. The number of hydrogen-bond donors (Lipinski definition) is 1. The average molecular weight is 345 g/mol. The largest absolute Gasteiger partial charge is 0.311 e. The Labute approximate surface area is 136 Å². The first-order chi connectivity index (χ1) is 11.0. The van der Waals surface area contributed by atoms with E-state index in [0.29, 0.717) is 27.2 Å². The second kappa shape index (κ2) is 4.77. The predicted octanol–water partition coefficient (Wildman–Crippen LogP) is 2.69. The Bertz CT molecular complexity index is 1040. The third kappa shape index (κ3) is 2.02. The van der Waals surface area contributed by atoms with Crippen molar-refractivity contribution in [2.45, 2.75) is 4.90 Å². The number of rotatable bonds is 3. The molecule has 2 heterocycles. The Kier molecular flexibility index (Phi) is 2.94. The molecule has 0 bridgehead atoms. The fraction of sp³-hybridized carbons (Fsp3) is 0.0667. The molecule has 0 spiro atoms. The van der Waals surface area contributed by atoms with E-state index in [-0.39, 0.29) is 10.8 Å². The van der Waals surface area contributed by atoms with Crippen molar-refractivity contribution in [3.8, 4) is 0 Å². The van der Waals surface area contributed by atoms with Gasteiger partial charge in [-0.15, -0.1) is 11.3 Å². The van der Waals surface area contributed by atoms with E-state index in [2.05, 4.69) is 9.71 Å². The number of hydrogen-bond acceptors (Lipinski definition) is 5. The van der Waals surface area contributed by atoms with Crippen LogP contribution >= 0.6 is 11.3 Å². The van der Waals surface area contributed by atoms with E-state index in [4.69, 9.17) is 0 Å². The molecule has 0 unspecified atom stereocenters. The van der Waals surface area contributed by atoms with Gasteiger partial charge in [-0.3, -0.25) is 9.52 Å². The standard InChI is InChI=1S/C15H11N3O3S2/c1-18-11-5-6-12(23(20,21)17-15-16-7-8-22-15)9-3-2-4-10(13(9)11)14(18)19/h2-8H,1H3,(H,16,17). The zero-order valence-electron chi connectivity index (χ0n) is 12.0. The van der Waals surface area contributed by atoms with Crippen LogP contribution in [0.25, 0.3) is 10.8 Å². The Morgan fingerprint density at radius 1 is 1.22 bits per heavy atom. The van der Waals surface area contributed by atoms with Crippen LogP contribution in [0.5, 0.6) is 0 Å². The Hall–Kier alpha value is -2.45. The minimum absolute atomic E-state index is 0.131. The summed E-state index contributed by atoms with van der Waals surface area (Å²) in [6.45, 7) is 0. The zero-order chi connectivity index (χ0) is 16.2. The number of thiazole rings is 1. The van der Waals surface area contributed by atoms with E-state index in [1.165, 1.54) is 28.5 Å². The van der Waals surface area contributed by atoms with Crippen LogP contribution in [-0.2, 0) is 10.0 Å². The predicted molar refractivity (Wildman–Crippen MR) is 89.6 cm³/mol. The van der Waals surface area contributed by atoms with Crippen LogP contribution in [0.1, 0.15) is 10.4 Å². The quantitative estimate of drug-likeness (QED) is 0.791. The number of anilines is 2. The molecule has 0 saturated heterocycles. The molecule has 0 radical (unpaired) electrons. The summed E-state index contributed by atoms with van der Waals surface area (Å²) in [5, 5.41) is 3.20. The lowest BCUT2D eigenvalue weighted by Gasteiger charge is -2.12. The van der Waals surface area contributed by atoms with Crippen molar-refractivity contribution < 1.29 is 13.2 Å². The second-order valence-electron chi connectivity index (χ2n) is 5.12. The molecular formula is C15H11N3O3S2. The van der Waals surface area contributed by atoms with Crippen molar-refractivity contribution in [2.75, 3.05) is 16.7 Å². The monoisotopic (exact) mass is 345 g/mol. The van der Waals surface area contributed by atoms with Crippen molar-refractivity contribution >= 4 is 48.9 Å². The molecule has 6 nitrogen and oxygen atoms in total. The molecule has 1 N–H and O–H groups in total. The molecule has 1 aliphatic rings. The molecular weight excluding hydrogens is 334 g/mol. The molecule has 2 aromatic carbocycles. The van der Waals surface area contributed by atoms with Gasteiger partial charge in [0.1, 0.15) is 0 Å². The molecule has 1 amide bonds. The van der Waals surface area contributed by atoms with Gasteiger partial charge in [-0.1, -0.05) is 12.1 Å². The molecule has 0 aliphatic carbocycles. The lowest BCUT2D eigenvalue weighted by atomic mass is 10.1. The number of benzene rings is 2. The number of aromatic nitrogens is 1. The summed E-state index contributed by atoms with van der Waals surface area (Å²) in [6.07, 6.45) is 1.53. The Morgan fingerprint density at radius 2 is 2.04 bits per heavy atom. The fourth-order valence-electron chi connectivity index (χ4n) is 2.79. The lowest BCUT2D eigenvalue weighted by molar-refractivity contribution is 0.0999. The highest BCUT2D eigenvalue weighted by atomic mass is 32.2. The maximum Gasteiger partial charge on any atom is 0.264 e. The number of amides is 1. The van der Waals surface area contributed by atoms with Crippen molar-refractivity contribution in [1.82, 2.24) is 4.98 Å². The van der Waals surface area contributed by atoms with Gasteiger partial charge < -0.3 is 4.90 Å². The summed E-state index contributed by atoms with van der Waals surface area (Å²) in [4.78, 5) is 17.9. The highest BCUT2D eigenvalue weighted by Crippen LogP contribution is 2.39. The number of sulfonamides is 1. The third-order valence-corrected chi connectivity index (χ3v) is 6.03. The summed E-state index contributed by atoms with van der Waals surface area (Å²) >= 11 is 1.21. The van der Waals surface area contributed by atoms with Gasteiger partial charge in [-0.05, 0) is 18.2 Å². The van der Waals surface area contributed by atoms with E-state index in [1.807, 2.05) is 0 Å². The van der Waals surface area contributed by atoms with E-state index in [0.717, 1.165) is 0 Å². The molecule has 23 heavy (non-hydrogen) atoms. The maximum absolute atomic E-state index is 12.7. The summed E-state index contributed by atoms with van der Waals surface area (Å²) in [6, 6.07) is 8.30. The molecule has 1 aromatic heterocycles. The highest BCUT2D eigenvalue weighted by Gasteiger charge is 2.30. The normalized spacial score (nSPS) is 13.8. The van der Waals surface area contributed by atoms with Crippen molar-refractivity contribution in [3.63, 3.8) is 0 Å². The highest BCUT2D eigenvalue weighted by molar-refractivity contribution is 7.93. The molecule has 0 saturated carbocycles. The van der Waals surface area contributed by atoms with Crippen molar-refractivity contribution in [1.29, 1.82) is 0 Å². The average Bonchev–Trinajstić information content (AvgIpc) is 3.11. The number of carbonyl (C=O) groups excluding carboxylic acids is 1. The number of carbonyl (C=O) groups is 1. The molecule has 116 valence electrons. The maximum atomic E-state index is 12.7. The van der Waals surface area contributed by atoms with Crippen LogP contribution in [0, 0.1) is 0 Å². The van der Waals surface area contributed by atoms with E-state index in [1.54, 1.807) is 36.7 Å². The summed E-state index contributed by atoms with van der Waals surface area (Å²) in [7, 11) is -2.10. The first-order valence-electron chi connectivity index (χ1n) is 6.75. The van der Waals surface area contributed by atoms with Gasteiger partial charge in [-0.25, -0.2) is 13.4 Å². The van der Waals surface area contributed by atoms with Gasteiger partial charge in [-0.2, -0.15) is 0 Å². The zero-order valence-corrected chi connectivity index (χ0v) is 13.6. The topological polar surface area (TPSA) is 79.4 Å². The van der Waals surface area contributed by atoms with Gasteiger partial charge >= 0.3 is 0 Å². The summed E-state index contributed by atoms with van der Waals surface area (Å²) in [5.74, 6) is -0.131. The van der Waals surface area contributed by atoms with Crippen LogP contribution in [-0.4, -0.2) is 26.4 Å². The van der Waals surface area contributed by atoms with E-state index in [9.17, 15) is 13.2 Å². The molecule has 8 heteroatoms. The van der Waals surface area contributed by atoms with Gasteiger partial charge in [0.15, 0.2) is 5.13 Å². The number of nitrogens with zero attached hydrogens (tertiary/aromatic N) is 2. The molecule has 1 aliphatic heterocycles. The van der Waals surface area contributed by atoms with Crippen LogP contribution in [0.2, 0.25) is 0 Å². The second-order valence-corrected chi connectivity index (χ2v) is 7.66. The molecule has 0 atom stereocenters. The Morgan fingerprint density at radius 3 is 2.78 bits per heavy atom. The van der Waals surface area contributed by atoms with Crippen LogP contribution in [0.3, 0.4) is 0 Å². The summed E-state index contributed by atoms with van der Waals surface area (Å²) in [5.41, 5.74) is 1.24. The fourth-order valence-corrected chi connectivity index (χ4v) is 4.78. The smallest absolute Gasteiger partial charge is 0.264 e. The van der Waals surface area contributed by atoms with Crippen molar-refractivity contribution in [3.05, 3.63) is 47.5 Å². The van der Waals surface area contributed by atoms with E-state index < -0.39 is 10.0 Å². The Balaban J connectivity index is 1.95. The van der Waals surface area contributed by atoms with Gasteiger partial charge in [0.05, 0.1) is 10.6 Å². The minimum atomic E-state index is -3.78. The molecule has 4 rings (SSSR count). The summed E-state index contributed by atoms with van der Waals surface area (Å²) < 4.78 is 27.8. The lowest BCUT2D eigenvalue weighted by Crippen LogP contribution is -2.20. The third-order valence-electron chi connectivity index (χ3n) is 3.82. The first kappa shape index (κ1) is 14.2. The van der Waals surface area contributed by atoms with Crippen molar-refractivity contribution in [2.24, 2.45) is 0 Å². The van der Waals surface area contributed by atoms with Crippen LogP contribution in [0.15, 0.2) is 46.8 Å².